The normalized spacial score (nSPS) is 7.83. The molecule has 0 aliphatic rings. The molecule has 0 saturated heterocycles. The molecule has 66 valence electrons. The highest BCUT2D eigenvalue weighted by Gasteiger charge is 1.83. The third-order valence-corrected chi connectivity index (χ3v) is 0.992. The van der Waals surface area contributed by atoms with Crippen LogP contribution in [0.25, 0.3) is 0 Å². The van der Waals surface area contributed by atoms with E-state index in [4.69, 9.17) is 9.90 Å². The van der Waals surface area contributed by atoms with Crippen molar-refractivity contribution < 1.29 is 14.6 Å². The molecule has 12 heavy (non-hydrogen) atoms. The Labute approximate surface area is 70.8 Å². The van der Waals surface area contributed by atoms with Crippen molar-refractivity contribution in [1.82, 2.24) is 4.98 Å². The van der Waals surface area contributed by atoms with E-state index < -0.39 is 0 Å². The zero-order valence-electron chi connectivity index (χ0n) is 7.02. The molecule has 4 heteroatoms. The number of rotatable bonds is 1. The summed E-state index contributed by atoms with van der Waals surface area (Å²) in [6, 6.07) is 3.37. The van der Waals surface area contributed by atoms with Crippen LogP contribution in [0.3, 0.4) is 0 Å². The van der Waals surface area contributed by atoms with Crippen molar-refractivity contribution in [1.29, 1.82) is 0 Å². The number of ether oxygens (including phenoxy) is 1. The number of aryl methyl sites for hydroxylation is 1. The third kappa shape index (κ3) is 5.22. The molecule has 1 rings (SSSR count). The van der Waals surface area contributed by atoms with Crippen LogP contribution >= 0.6 is 0 Å². The van der Waals surface area contributed by atoms with Gasteiger partial charge in [0.1, 0.15) is 5.75 Å². The Morgan fingerprint density at radius 3 is 2.42 bits per heavy atom. The largest absolute Gasteiger partial charge is 0.506 e. The van der Waals surface area contributed by atoms with Crippen molar-refractivity contribution in [2.45, 2.75) is 6.92 Å². The van der Waals surface area contributed by atoms with Gasteiger partial charge in [0.15, 0.2) is 0 Å². The summed E-state index contributed by atoms with van der Waals surface area (Å²) in [5.74, 6) is 0.218. The molecule has 0 atom stereocenters. The lowest BCUT2D eigenvalue weighted by molar-refractivity contribution is -0.126. The van der Waals surface area contributed by atoms with Crippen molar-refractivity contribution in [3.05, 3.63) is 24.0 Å². The van der Waals surface area contributed by atoms with E-state index in [9.17, 15) is 0 Å². The summed E-state index contributed by atoms with van der Waals surface area (Å²) in [4.78, 5) is 12.8. The summed E-state index contributed by atoms with van der Waals surface area (Å²) in [6.07, 6.45) is 1.43. The Hall–Kier alpha value is -1.58. The quantitative estimate of drug-likeness (QED) is 0.634. The zero-order chi connectivity index (χ0) is 9.40. The van der Waals surface area contributed by atoms with Gasteiger partial charge < -0.3 is 9.84 Å². The highest BCUT2D eigenvalue weighted by Crippen LogP contribution is 2.03. The highest BCUT2D eigenvalue weighted by molar-refractivity contribution is 5.36. The average Bonchev–Trinajstić information content (AvgIpc) is 2.11. The van der Waals surface area contributed by atoms with E-state index in [1.807, 2.05) is 6.92 Å². The van der Waals surface area contributed by atoms with Gasteiger partial charge in [0.05, 0.1) is 13.3 Å². The molecule has 0 bridgehead atoms. The van der Waals surface area contributed by atoms with Gasteiger partial charge in [-0.2, -0.15) is 0 Å². The molecule has 0 radical (unpaired) electrons. The average molecular weight is 169 g/mol. The molecular formula is C8H11NO3. The number of carbonyl (C=O) groups is 1. The second-order valence-electron chi connectivity index (χ2n) is 1.99. The minimum absolute atomic E-state index is 0.218. The number of aromatic hydroxyl groups is 1. The first-order valence-corrected chi connectivity index (χ1v) is 3.28. The third-order valence-electron chi connectivity index (χ3n) is 0.992. The van der Waals surface area contributed by atoms with Gasteiger partial charge >= 0.3 is 0 Å². The fourth-order valence-corrected chi connectivity index (χ4v) is 0.460. The van der Waals surface area contributed by atoms with E-state index in [2.05, 4.69) is 9.72 Å². The van der Waals surface area contributed by atoms with E-state index >= 15 is 0 Å². The molecule has 1 aromatic heterocycles. The van der Waals surface area contributed by atoms with E-state index in [1.54, 1.807) is 12.1 Å². The Morgan fingerprint density at radius 1 is 1.58 bits per heavy atom. The van der Waals surface area contributed by atoms with Crippen molar-refractivity contribution in [3.8, 4) is 5.75 Å². The molecule has 1 aromatic rings. The Balaban J connectivity index is 0.000000261. The van der Waals surface area contributed by atoms with Crippen LogP contribution in [-0.2, 0) is 9.53 Å². The van der Waals surface area contributed by atoms with Crippen LogP contribution in [-0.4, -0.2) is 23.7 Å². The van der Waals surface area contributed by atoms with Gasteiger partial charge in [-0.05, 0) is 19.1 Å². The highest BCUT2D eigenvalue weighted by atomic mass is 16.5. The zero-order valence-corrected chi connectivity index (χ0v) is 7.02. The van der Waals surface area contributed by atoms with E-state index in [0.29, 0.717) is 6.47 Å². The SMILES string of the molecule is COC=O.Cc1ccc(O)cn1. The number of carbonyl (C=O) groups excluding carboxylic acids is 1. The van der Waals surface area contributed by atoms with Gasteiger partial charge in [-0.3, -0.25) is 9.78 Å². The lowest BCUT2D eigenvalue weighted by atomic mass is 10.4. The molecular weight excluding hydrogens is 158 g/mol. The molecule has 0 unspecified atom stereocenters. The first kappa shape index (κ1) is 10.4. The first-order valence-electron chi connectivity index (χ1n) is 3.28. The number of hydrogen-bond acceptors (Lipinski definition) is 4. The van der Waals surface area contributed by atoms with Crippen LogP contribution in [0.2, 0.25) is 0 Å². The van der Waals surface area contributed by atoms with Gasteiger partial charge in [-0.1, -0.05) is 0 Å². The van der Waals surface area contributed by atoms with Crippen LogP contribution in [0.15, 0.2) is 18.3 Å². The fourth-order valence-electron chi connectivity index (χ4n) is 0.460. The first-order chi connectivity index (χ1) is 5.70. The van der Waals surface area contributed by atoms with Gasteiger partial charge in [-0.25, -0.2) is 0 Å². The molecule has 0 aromatic carbocycles. The molecule has 4 nitrogen and oxygen atoms in total. The van der Waals surface area contributed by atoms with Crippen molar-refractivity contribution in [2.24, 2.45) is 0 Å². The molecule has 0 saturated carbocycles. The van der Waals surface area contributed by atoms with E-state index in [1.165, 1.54) is 13.3 Å². The second-order valence-corrected chi connectivity index (χ2v) is 1.99. The maximum atomic E-state index is 8.95. The minimum Gasteiger partial charge on any atom is -0.506 e. The van der Waals surface area contributed by atoms with Gasteiger partial charge in [0, 0.05) is 5.69 Å². The Morgan fingerprint density at radius 2 is 2.17 bits per heavy atom. The lowest BCUT2D eigenvalue weighted by Crippen LogP contribution is -1.75. The summed E-state index contributed by atoms with van der Waals surface area (Å²) in [6.45, 7) is 2.25. The second kappa shape index (κ2) is 6.15. The maximum absolute atomic E-state index is 8.95. The topological polar surface area (TPSA) is 59.4 Å². The van der Waals surface area contributed by atoms with Crippen molar-refractivity contribution >= 4 is 6.47 Å². The molecule has 0 spiro atoms. The van der Waals surface area contributed by atoms with Crippen LogP contribution in [0.4, 0.5) is 0 Å². The standard InChI is InChI=1S/C6H7NO.C2H4O2/c1-5-2-3-6(8)4-7-5;1-4-2-3/h2-4,8H,1H3;2H,1H3. The molecule has 0 aliphatic carbocycles. The van der Waals surface area contributed by atoms with Crippen LogP contribution in [0.5, 0.6) is 5.75 Å². The number of pyridine rings is 1. The fraction of sp³-hybridized carbons (Fsp3) is 0.250. The summed E-state index contributed by atoms with van der Waals surface area (Å²) in [5.41, 5.74) is 0.919. The number of nitrogens with zero attached hydrogens (tertiary/aromatic N) is 1. The van der Waals surface area contributed by atoms with Crippen molar-refractivity contribution in [3.63, 3.8) is 0 Å². The maximum Gasteiger partial charge on any atom is 0.292 e. The van der Waals surface area contributed by atoms with Gasteiger partial charge in [0.25, 0.3) is 6.47 Å². The Kier molecular flexibility index (Phi) is 5.34. The molecule has 0 aliphatic heterocycles. The van der Waals surface area contributed by atoms with E-state index in [0.717, 1.165) is 5.69 Å². The number of aromatic nitrogens is 1. The van der Waals surface area contributed by atoms with E-state index in [-0.39, 0.29) is 5.75 Å². The van der Waals surface area contributed by atoms with Crippen LogP contribution < -0.4 is 0 Å². The van der Waals surface area contributed by atoms with Gasteiger partial charge in [0.2, 0.25) is 0 Å². The van der Waals surface area contributed by atoms with Crippen molar-refractivity contribution in [2.75, 3.05) is 7.11 Å². The summed E-state index contributed by atoms with van der Waals surface area (Å²) < 4.78 is 3.86. The number of hydrogen-bond donors (Lipinski definition) is 1. The smallest absolute Gasteiger partial charge is 0.292 e. The molecule has 1 N–H and O–H groups in total. The predicted molar refractivity (Wildman–Crippen MR) is 43.7 cm³/mol. The van der Waals surface area contributed by atoms with Gasteiger partial charge in [-0.15, -0.1) is 0 Å². The minimum atomic E-state index is 0.218. The number of methoxy groups -OCH3 is 1. The summed E-state index contributed by atoms with van der Waals surface area (Å²) >= 11 is 0. The lowest BCUT2D eigenvalue weighted by Gasteiger charge is -1.88. The summed E-state index contributed by atoms with van der Waals surface area (Å²) in [7, 11) is 1.31. The summed E-state index contributed by atoms with van der Waals surface area (Å²) in [5, 5.41) is 8.69. The molecule has 0 fully saturated rings. The van der Waals surface area contributed by atoms with Crippen LogP contribution in [0.1, 0.15) is 5.69 Å². The predicted octanol–water partition coefficient (Wildman–Crippen LogP) is 0.885. The molecule has 1 heterocycles. The van der Waals surface area contributed by atoms with Crippen LogP contribution in [0, 0.1) is 6.92 Å². The molecule has 0 amide bonds. The monoisotopic (exact) mass is 169 g/mol. The Bertz CT molecular complexity index is 199.